The highest BCUT2D eigenvalue weighted by molar-refractivity contribution is 5.91. The van der Waals surface area contributed by atoms with Crippen molar-refractivity contribution in [1.82, 2.24) is 14.5 Å². The van der Waals surface area contributed by atoms with E-state index in [1.54, 1.807) is 0 Å². The summed E-state index contributed by atoms with van der Waals surface area (Å²) in [6, 6.07) is 10.3. The molecule has 0 amide bonds. The van der Waals surface area contributed by atoms with Gasteiger partial charge in [-0.25, -0.2) is 4.98 Å². The minimum Gasteiger partial charge on any atom is -0.370 e. The number of pyridine rings is 2. The van der Waals surface area contributed by atoms with Crippen molar-refractivity contribution in [3.05, 3.63) is 54.6 Å². The molecule has 1 saturated heterocycles. The quantitative estimate of drug-likeness (QED) is 0.741. The Hall–Kier alpha value is -2.36. The summed E-state index contributed by atoms with van der Waals surface area (Å²) in [5.74, 6) is 0. The Morgan fingerprint density at radius 2 is 1.77 bits per heavy atom. The van der Waals surface area contributed by atoms with Gasteiger partial charge in [0.05, 0.1) is 17.9 Å². The van der Waals surface area contributed by atoms with Crippen LogP contribution in [0.5, 0.6) is 0 Å². The summed E-state index contributed by atoms with van der Waals surface area (Å²) in [6.45, 7) is 3.07. The fourth-order valence-electron chi connectivity index (χ4n) is 3.28. The summed E-state index contributed by atoms with van der Waals surface area (Å²) in [5, 5.41) is 1.25. The molecule has 22 heavy (non-hydrogen) atoms. The molecule has 3 aromatic rings. The second-order valence-corrected chi connectivity index (χ2v) is 5.89. The summed E-state index contributed by atoms with van der Waals surface area (Å²) in [6.07, 6.45) is 9.89. The maximum Gasteiger partial charge on any atom is 0.142 e. The Labute approximate surface area is 130 Å². The molecule has 1 aliphatic heterocycles. The lowest BCUT2D eigenvalue weighted by molar-refractivity contribution is 0.578. The van der Waals surface area contributed by atoms with Gasteiger partial charge in [-0.15, -0.1) is 0 Å². The monoisotopic (exact) mass is 292 g/mol. The van der Waals surface area contributed by atoms with Crippen molar-refractivity contribution in [2.75, 3.05) is 18.0 Å². The Morgan fingerprint density at radius 1 is 0.909 bits per heavy atom. The third-order valence-corrected chi connectivity index (χ3v) is 4.37. The molecule has 0 aliphatic carbocycles. The molecule has 0 N–H and O–H groups in total. The highest BCUT2D eigenvalue weighted by Gasteiger charge is 2.17. The summed E-state index contributed by atoms with van der Waals surface area (Å²) < 4.78 is 2.22. The Kier molecular flexibility index (Phi) is 3.51. The summed E-state index contributed by atoms with van der Waals surface area (Å²) in [7, 11) is 0. The van der Waals surface area contributed by atoms with Gasteiger partial charge in [-0.3, -0.25) is 4.98 Å². The van der Waals surface area contributed by atoms with E-state index in [-0.39, 0.29) is 0 Å². The molecule has 0 atom stereocenters. The number of hydrogen-bond acceptors (Lipinski definition) is 3. The second-order valence-electron chi connectivity index (χ2n) is 5.89. The summed E-state index contributed by atoms with van der Waals surface area (Å²) >= 11 is 0. The highest BCUT2D eigenvalue weighted by atomic mass is 15.2. The van der Waals surface area contributed by atoms with Crippen LogP contribution in [0.1, 0.15) is 25.0 Å². The van der Waals surface area contributed by atoms with Crippen molar-refractivity contribution >= 4 is 16.7 Å². The lowest BCUT2D eigenvalue weighted by Gasteiger charge is -2.28. The zero-order valence-electron chi connectivity index (χ0n) is 12.7. The number of hydrogen-bond donors (Lipinski definition) is 0. The Morgan fingerprint density at radius 3 is 2.59 bits per heavy atom. The molecule has 0 bridgehead atoms. The van der Waals surface area contributed by atoms with Gasteiger partial charge in [-0.1, -0.05) is 6.07 Å². The standard InChI is InChI=1S/C18H20N4/c1-4-11-21(12-5-1)17-14-22(13-15-7-2-3-9-19-15)18-16(17)8-6-10-20-18/h2-3,6-10,14H,1,4-5,11-13H2. The van der Waals surface area contributed by atoms with Crippen molar-refractivity contribution in [2.24, 2.45) is 0 Å². The van der Waals surface area contributed by atoms with Gasteiger partial charge in [0.1, 0.15) is 5.65 Å². The van der Waals surface area contributed by atoms with Crippen LogP contribution in [0.2, 0.25) is 0 Å². The predicted molar refractivity (Wildman–Crippen MR) is 89.1 cm³/mol. The lowest BCUT2D eigenvalue weighted by Crippen LogP contribution is -2.29. The summed E-state index contributed by atoms with van der Waals surface area (Å²) in [5.41, 5.74) is 3.43. The number of aromatic nitrogens is 3. The second kappa shape index (κ2) is 5.79. The third kappa shape index (κ3) is 2.45. The molecule has 1 aliphatic rings. The predicted octanol–water partition coefficient (Wildman–Crippen LogP) is 3.47. The maximum absolute atomic E-state index is 4.60. The van der Waals surface area contributed by atoms with E-state index in [0.29, 0.717) is 0 Å². The number of rotatable bonds is 3. The maximum atomic E-state index is 4.60. The first-order valence-electron chi connectivity index (χ1n) is 8.00. The molecule has 1 fully saturated rings. The van der Waals surface area contributed by atoms with Gasteiger partial charge in [-0.2, -0.15) is 0 Å². The van der Waals surface area contributed by atoms with Gasteiger partial charge < -0.3 is 9.47 Å². The number of fused-ring (bicyclic) bond motifs is 1. The zero-order valence-corrected chi connectivity index (χ0v) is 12.7. The topological polar surface area (TPSA) is 34.0 Å². The molecular formula is C18H20N4. The molecule has 4 heteroatoms. The van der Waals surface area contributed by atoms with Crippen LogP contribution in [0.25, 0.3) is 11.0 Å². The molecule has 3 aromatic heterocycles. The SMILES string of the molecule is c1ccc(Cn2cc(N3CCCCC3)c3cccnc32)nc1. The van der Waals surface area contributed by atoms with Crippen LogP contribution >= 0.6 is 0 Å². The van der Waals surface area contributed by atoms with E-state index in [9.17, 15) is 0 Å². The number of anilines is 1. The first kappa shape index (κ1) is 13.3. The smallest absolute Gasteiger partial charge is 0.142 e. The van der Waals surface area contributed by atoms with E-state index < -0.39 is 0 Å². The molecule has 112 valence electrons. The average molecular weight is 292 g/mol. The molecule has 0 unspecified atom stereocenters. The average Bonchev–Trinajstić information content (AvgIpc) is 2.96. The van der Waals surface area contributed by atoms with Gasteiger partial charge in [0.25, 0.3) is 0 Å². The first-order valence-corrected chi connectivity index (χ1v) is 8.00. The molecule has 4 rings (SSSR count). The molecular weight excluding hydrogens is 272 g/mol. The van der Waals surface area contributed by atoms with Crippen molar-refractivity contribution < 1.29 is 0 Å². The molecule has 0 spiro atoms. The normalized spacial score (nSPS) is 15.4. The van der Waals surface area contributed by atoms with E-state index in [1.807, 2.05) is 30.6 Å². The third-order valence-electron chi connectivity index (χ3n) is 4.37. The van der Waals surface area contributed by atoms with E-state index in [2.05, 4.69) is 37.8 Å². The van der Waals surface area contributed by atoms with Crippen LogP contribution in [-0.2, 0) is 6.54 Å². The van der Waals surface area contributed by atoms with Crippen LogP contribution in [0.4, 0.5) is 5.69 Å². The van der Waals surface area contributed by atoms with E-state index in [4.69, 9.17) is 0 Å². The largest absolute Gasteiger partial charge is 0.370 e. The van der Waals surface area contributed by atoms with Crippen LogP contribution < -0.4 is 4.90 Å². The van der Waals surface area contributed by atoms with Crippen molar-refractivity contribution in [2.45, 2.75) is 25.8 Å². The molecule has 4 nitrogen and oxygen atoms in total. The summed E-state index contributed by atoms with van der Waals surface area (Å²) in [4.78, 5) is 11.5. The van der Waals surface area contributed by atoms with E-state index in [0.717, 1.165) is 31.0 Å². The Balaban J connectivity index is 1.75. The van der Waals surface area contributed by atoms with Gasteiger partial charge in [0.2, 0.25) is 0 Å². The van der Waals surface area contributed by atoms with Gasteiger partial charge in [0, 0.05) is 37.1 Å². The lowest BCUT2D eigenvalue weighted by atomic mass is 10.1. The number of piperidine rings is 1. The van der Waals surface area contributed by atoms with Gasteiger partial charge in [0.15, 0.2) is 0 Å². The van der Waals surface area contributed by atoms with Crippen LogP contribution in [0, 0.1) is 0 Å². The van der Waals surface area contributed by atoms with Crippen molar-refractivity contribution in [3.8, 4) is 0 Å². The van der Waals surface area contributed by atoms with Gasteiger partial charge >= 0.3 is 0 Å². The van der Waals surface area contributed by atoms with Crippen LogP contribution in [-0.4, -0.2) is 27.6 Å². The molecule has 0 aromatic carbocycles. The highest BCUT2D eigenvalue weighted by Crippen LogP contribution is 2.30. The Bertz CT molecular complexity index is 757. The van der Waals surface area contributed by atoms with Crippen LogP contribution in [0.3, 0.4) is 0 Å². The van der Waals surface area contributed by atoms with Crippen molar-refractivity contribution in [3.63, 3.8) is 0 Å². The minimum atomic E-state index is 0.766. The number of nitrogens with zero attached hydrogens (tertiary/aromatic N) is 4. The zero-order chi connectivity index (χ0) is 14.8. The fourth-order valence-corrected chi connectivity index (χ4v) is 3.28. The first-order chi connectivity index (χ1) is 10.9. The van der Waals surface area contributed by atoms with E-state index in [1.165, 1.54) is 30.3 Å². The van der Waals surface area contributed by atoms with Crippen molar-refractivity contribution in [1.29, 1.82) is 0 Å². The van der Waals surface area contributed by atoms with E-state index >= 15 is 0 Å². The molecule has 0 saturated carbocycles. The van der Waals surface area contributed by atoms with Crippen LogP contribution in [0.15, 0.2) is 48.9 Å². The molecule has 4 heterocycles. The van der Waals surface area contributed by atoms with Gasteiger partial charge in [-0.05, 0) is 43.5 Å². The minimum absolute atomic E-state index is 0.766. The fraction of sp³-hybridized carbons (Fsp3) is 0.333. The molecule has 0 radical (unpaired) electrons.